The molecule has 2 aromatic heterocycles. The molecule has 11 heteroatoms. The highest BCUT2D eigenvalue weighted by Crippen LogP contribution is 2.34. The number of aryl methyl sites for hydroxylation is 1. The van der Waals surface area contributed by atoms with Crippen molar-refractivity contribution in [3.05, 3.63) is 76.4 Å². The molecule has 0 unspecified atom stereocenters. The Morgan fingerprint density at radius 1 is 1.16 bits per heavy atom. The summed E-state index contributed by atoms with van der Waals surface area (Å²) in [7, 11) is -2.29. The number of hydrogen-bond acceptors (Lipinski definition) is 6. The fraction of sp³-hybridized carbons (Fsp3) is 0.143. The van der Waals surface area contributed by atoms with Crippen molar-refractivity contribution in [2.45, 2.75) is 6.42 Å². The second-order valence-electron chi connectivity index (χ2n) is 6.77. The monoisotopic (exact) mass is 492 g/mol. The molecule has 32 heavy (non-hydrogen) atoms. The highest BCUT2D eigenvalue weighted by atomic mass is 35.5. The van der Waals surface area contributed by atoms with Crippen LogP contribution in [0.4, 0.5) is 10.3 Å². The molecule has 166 valence electrons. The topological polar surface area (TPSA) is 86.1 Å². The van der Waals surface area contributed by atoms with Gasteiger partial charge in [-0.3, -0.25) is 9.29 Å². The summed E-state index contributed by atoms with van der Waals surface area (Å²) in [5.41, 5.74) is 1.19. The van der Waals surface area contributed by atoms with E-state index < -0.39 is 10.0 Å². The van der Waals surface area contributed by atoms with E-state index in [-0.39, 0.29) is 23.9 Å². The van der Waals surface area contributed by atoms with E-state index in [1.165, 1.54) is 30.6 Å². The van der Waals surface area contributed by atoms with Gasteiger partial charge in [0.05, 0.1) is 23.4 Å². The van der Waals surface area contributed by atoms with Gasteiger partial charge in [0.1, 0.15) is 11.6 Å². The quantitative estimate of drug-likeness (QED) is 0.382. The molecule has 1 N–H and O–H groups in total. The number of nitrogens with one attached hydrogen (secondary N) is 1. The molecule has 0 spiro atoms. The van der Waals surface area contributed by atoms with Crippen molar-refractivity contribution in [3.63, 3.8) is 0 Å². The van der Waals surface area contributed by atoms with Gasteiger partial charge < -0.3 is 4.74 Å². The van der Waals surface area contributed by atoms with Gasteiger partial charge in [0.25, 0.3) is 0 Å². The van der Waals surface area contributed by atoms with Crippen LogP contribution in [0, 0.1) is 5.82 Å². The summed E-state index contributed by atoms with van der Waals surface area (Å²) < 4.78 is 48.3. The average Bonchev–Trinajstić information content (AvgIpc) is 3.43. The van der Waals surface area contributed by atoms with Crippen LogP contribution < -0.4 is 9.46 Å². The van der Waals surface area contributed by atoms with Crippen molar-refractivity contribution in [2.24, 2.45) is 0 Å². The molecule has 0 saturated heterocycles. The van der Waals surface area contributed by atoms with Crippen molar-refractivity contribution in [3.8, 4) is 22.1 Å². The number of benzene rings is 2. The zero-order valence-electron chi connectivity index (χ0n) is 16.8. The number of nitrogens with zero attached hydrogens (tertiary/aromatic N) is 3. The summed E-state index contributed by atoms with van der Waals surface area (Å²) in [5, 5.41) is 10.6. The molecule has 4 aromatic rings. The first-order valence-electron chi connectivity index (χ1n) is 9.44. The van der Waals surface area contributed by atoms with Crippen LogP contribution in [-0.2, 0) is 16.4 Å². The number of thiophene rings is 1. The van der Waals surface area contributed by atoms with Gasteiger partial charge in [-0.25, -0.2) is 12.8 Å². The number of halogens is 2. The predicted octanol–water partition coefficient (Wildman–Crippen LogP) is 4.78. The number of hydrogen-bond donors (Lipinski definition) is 1. The molecule has 2 aromatic carbocycles. The first kappa shape index (κ1) is 22.3. The lowest BCUT2D eigenvalue weighted by Gasteiger charge is -2.15. The number of aromatic nitrogens is 3. The molecule has 2 heterocycles. The van der Waals surface area contributed by atoms with Crippen molar-refractivity contribution < 1.29 is 17.5 Å². The maximum Gasteiger partial charge on any atom is 0.243 e. The van der Waals surface area contributed by atoms with E-state index in [0.29, 0.717) is 27.8 Å². The minimum atomic E-state index is -3.80. The summed E-state index contributed by atoms with van der Waals surface area (Å²) in [6, 6.07) is 14.4. The standard InChI is InChI=1S/C21H18ClFN4O3S2/c1-30-18-9-6-15(22)13-17(18)27-20(19-3-2-11-31-19)24-25-21(27)26-32(28,29)12-10-14-4-7-16(23)8-5-14/h2-9,11,13H,10,12H2,1H3,(H,25,26). The minimum Gasteiger partial charge on any atom is -0.495 e. The molecular weight excluding hydrogens is 475 g/mol. The minimum absolute atomic E-state index is 0.00747. The van der Waals surface area contributed by atoms with E-state index in [2.05, 4.69) is 14.9 Å². The van der Waals surface area contributed by atoms with Crippen LogP contribution in [0.1, 0.15) is 5.56 Å². The summed E-state index contributed by atoms with van der Waals surface area (Å²) >= 11 is 7.65. The number of rotatable bonds is 8. The van der Waals surface area contributed by atoms with E-state index >= 15 is 0 Å². The Morgan fingerprint density at radius 2 is 1.94 bits per heavy atom. The van der Waals surface area contributed by atoms with Gasteiger partial charge in [-0.2, -0.15) is 0 Å². The third-order valence-corrected chi connectivity index (χ3v) is 6.94. The van der Waals surface area contributed by atoms with Crippen LogP contribution in [0.2, 0.25) is 5.02 Å². The average molecular weight is 493 g/mol. The number of methoxy groups -OCH3 is 1. The Labute approximate surface area is 193 Å². The van der Waals surface area contributed by atoms with Crippen molar-refractivity contribution in [1.29, 1.82) is 0 Å². The molecule has 0 saturated carbocycles. The van der Waals surface area contributed by atoms with Crippen LogP contribution in [0.15, 0.2) is 60.0 Å². The number of anilines is 1. The second-order valence-corrected chi connectivity index (χ2v) is 10.00. The normalized spacial score (nSPS) is 11.5. The summed E-state index contributed by atoms with van der Waals surface area (Å²) in [4.78, 5) is 0.788. The molecule has 4 rings (SSSR count). The molecule has 0 fully saturated rings. The molecule has 0 amide bonds. The molecule has 0 bridgehead atoms. The maximum absolute atomic E-state index is 13.1. The van der Waals surface area contributed by atoms with Crippen LogP contribution >= 0.6 is 22.9 Å². The zero-order valence-corrected chi connectivity index (χ0v) is 19.2. The summed E-state index contributed by atoms with van der Waals surface area (Å²) in [6.45, 7) is 0. The summed E-state index contributed by atoms with van der Waals surface area (Å²) in [6.07, 6.45) is 0.210. The molecule has 7 nitrogen and oxygen atoms in total. The Kier molecular flexibility index (Phi) is 6.45. The van der Waals surface area contributed by atoms with Gasteiger partial charge in [-0.05, 0) is 53.8 Å². The van der Waals surface area contributed by atoms with Gasteiger partial charge in [-0.1, -0.05) is 29.8 Å². The smallest absolute Gasteiger partial charge is 0.243 e. The van der Waals surface area contributed by atoms with Crippen LogP contribution in [0.3, 0.4) is 0 Å². The third kappa shape index (κ3) is 4.93. The first-order chi connectivity index (χ1) is 15.4. The van der Waals surface area contributed by atoms with E-state index in [0.717, 1.165) is 4.88 Å². The lowest BCUT2D eigenvalue weighted by molar-refractivity contribution is 0.413. The Hall–Kier alpha value is -2.95. The van der Waals surface area contributed by atoms with Crippen LogP contribution in [-0.4, -0.2) is 36.0 Å². The zero-order chi connectivity index (χ0) is 22.7. The van der Waals surface area contributed by atoms with Crippen molar-refractivity contribution in [2.75, 3.05) is 17.6 Å². The maximum atomic E-state index is 13.1. The van der Waals surface area contributed by atoms with E-state index in [1.54, 1.807) is 34.9 Å². The van der Waals surface area contributed by atoms with Crippen LogP contribution in [0.5, 0.6) is 5.75 Å². The van der Waals surface area contributed by atoms with Gasteiger partial charge >= 0.3 is 0 Å². The Balaban J connectivity index is 1.70. The molecule has 0 aliphatic carbocycles. The fourth-order valence-corrected chi connectivity index (χ4v) is 4.96. The second kappa shape index (κ2) is 9.27. The largest absolute Gasteiger partial charge is 0.495 e. The van der Waals surface area contributed by atoms with Gasteiger partial charge in [-0.15, -0.1) is 21.5 Å². The van der Waals surface area contributed by atoms with E-state index in [9.17, 15) is 12.8 Å². The van der Waals surface area contributed by atoms with E-state index in [1.807, 2.05) is 17.5 Å². The molecular formula is C21H18ClFN4O3S2. The lowest BCUT2D eigenvalue weighted by Crippen LogP contribution is -2.21. The summed E-state index contributed by atoms with van der Waals surface area (Å²) in [5.74, 6) is 0.329. The number of sulfonamides is 1. The molecule has 0 atom stereocenters. The molecule has 0 radical (unpaired) electrons. The highest BCUT2D eigenvalue weighted by Gasteiger charge is 2.23. The predicted molar refractivity (Wildman–Crippen MR) is 124 cm³/mol. The first-order valence-corrected chi connectivity index (χ1v) is 12.4. The number of ether oxygens (including phenoxy) is 1. The van der Waals surface area contributed by atoms with Crippen molar-refractivity contribution in [1.82, 2.24) is 14.8 Å². The van der Waals surface area contributed by atoms with Crippen LogP contribution in [0.25, 0.3) is 16.4 Å². The Bertz CT molecular complexity index is 1320. The van der Waals surface area contributed by atoms with Gasteiger partial charge in [0, 0.05) is 5.02 Å². The van der Waals surface area contributed by atoms with Gasteiger partial charge in [0.2, 0.25) is 16.0 Å². The van der Waals surface area contributed by atoms with Gasteiger partial charge in [0.15, 0.2) is 5.82 Å². The fourth-order valence-electron chi connectivity index (χ4n) is 3.08. The molecule has 0 aliphatic rings. The lowest BCUT2D eigenvalue weighted by atomic mass is 10.2. The Morgan fingerprint density at radius 3 is 2.62 bits per heavy atom. The van der Waals surface area contributed by atoms with E-state index in [4.69, 9.17) is 16.3 Å². The third-order valence-electron chi connectivity index (χ3n) is 4.61. The SMILES string of the molecule is COc1ccc(Cl)cc1-n1c(NS(=O)(=O)CCc2ccc(F)cc2)nnc1-c1cccs1. The van der Waals surface area contributed by atoms with Crippen molar-refractivity contribution >= 4 is 38.9 Å². The highest BCUT2D eigenvalue weighted by molar-refractivity contribution is 7.92. The molecule has 0 aliphatic heterocycles.